The maximum Gasteiger partial charge on any atom is 0.327 e. The van der Waals surface area contributed by atoms with Gasteiger partial charge in [-0.3, -0.25) is 19.2 Å². The van der Waals surface area contributed by atoms with E-state index in [9.17, 15) is 24.0 Å². The van der Waals surface area contributed by atoms with E-state index in [0.717, 1.165) is 0 Å². The van der Waals surface area contributed by atoms with Gasteiger partial charge in [0.05, 0.1) is 12.5 Å². The van der Waals surface area contributed by atoms with Crippen LogP contribution in [0.3, 0.4) is 0 Å². The van der Waals surface area contributed by atoms with Crippen LogP contribution in [0.1, 0.15) is 40.5 Å². The number of carboxylic acid groups (broad SMARTS) is 1. The van der Waals surface area contributed by atoms with Crippen LogP contribution in [0.4, 0.5) is 0 Å². The fourth-order valence-corrected chi connectivity index (χ4v) is 2.77. The van der Waals surface area contributed by atoms with E-state index in [0.29, 0.717) is 0 Å². The highest BCUT2D eigenvalue weighted by Crippen LogP contribution is 2.09. The zero-order chi connectivity index (χ0) is 23.6. The molecule has 0 aliphatic carbocycles. The molecular weight excluding hydrogens is 414 g/mol. The van der Waals surface area contributed by atoms with Gasteiger partial charge >= 0.3 is 5.97 Å². The van der Waals surface area contributed by atoms with Crippen molar-refractivity contribution >= 4 is 42.2 Å². The summed E-state index contributed by atoms with van der Waals surface area (Å²) in [6.45, 7) is 7.04. The average molecular weight is 448 g/mol. The summed E-state index contributed by atoms with van der Waals surface area (Å²) in [5, 5.41) is 16.5. The van der Waals surface area contributed by atoms with Crippen molar-refractivity contribution in [3.8, 4) is 0 Å². The molecule has 0 aromatic heterocycles. The van der Waals surface area contributed by atoms with Crippen molar-refractivity contribution < 1.29 is 29.1 Å². The van der Waals surface area contributed by atoms with Gasteiger partial charge in [-0.2, -0.15) is 12.6 Å². The predicted molar refractivity (Wildman–Crippen MR) is 113 cm³/mol. The molecule has 0 aliphatic heterocycles. The molecule has 0 aromatic carbocycles. The summed E-state index contributed by atoms with van der Waals surface area (Å²) < 4.78 is 0. The van der Waals surface area contributed by atoms with Crippen molar-refractivity contribution in [1.82, 2.24) is 16.0 Å². The van der Waals surface area contributed by atoms with Crippen LogP contribution in [0.25, 0.3) is 0 Å². The molecule has 11 nitrogen and oxygen atoms in total. The third-order valence-corrected chi connectivity index (χ3v) is 4.51. The molecule has 0 spiro atoms. The van der Waals surface area contributed by atoms with E-state index in [4.69, 9.17) is 16.6 Å². The van der Waals surface area contributed by atoms with Crippen LogP contribution >= 0.6 is 12.6 Å². The second-order valence-electron chi connectivity index (χ2n) is 7.78. The van der Waals surface area contributed by atoms with Crippen LogP contribution in [0, 0.1) is 11.8 Å². The Kier molecular flexibility index (Phi) is 12.0. The van der Waals surface area contributed by atoms with Gasteiger partial charge in [-0.1, -0.05) is 27.7 Å². The number of primary amides is 1. The summed E-state index contributed by atoms with van der Waals surface area (Å²) in [4.78, 5) is 59.6. The normalized spacial score (nSPS) is 15.1. The van der Waals surface area contributed by atoms with Gasteiger partial charge in [-0.05, 0) is 18.3 Å². The molecular formula is C18H33N5O6S. The Bertz CT molecular complexity index is 643. The number of carbonyl (C=O) groups excluding carboxylic acids is 4. The third-order valence-electron chi connectivity index (χ3n) is 4.14. The second kappa shape index (κ2) is 13.1. The van der Waals surface area contributed by atoms with E-state index < -0.39 is 53.8 Å². The summed E-state index contributed by atoms with van der Waals surface area (Å²) in [5.41, 5.74) is 10.6. The van der Waals surface area contributed by atoms with Gasteiger partial charge < -0.3 is 32.5 Å². The van der Waals surface area contributed by atoms with Crippen LogP contribution in [-0.2, 0) is 24.0 Å². The number of aliphatic carboxylic acids is 1. The maximum absolute atomic E-state index is 12.8. The SMILES string of the molecule is CC(C)CC(NC(=O)C(NC(=O)C(N)CC(N)=O)C(C)C)C(=O)NC(CS)C(=O)O. The van der Waals surface area contributed by atoms with Gasteiger partial charge in [0.1, 0.15) is 18.1 Å². The molecule has 0 rings (SSSR count). The number of nitrogens with one attached hydrogen (secondary N) is 3. The van der Waals surface area contributed by atoms with Crippen LogP contribution in [-0.4, -0.2) is 64.6 Å². The first-order valence-electron chi connectivity index (χ1n) is 9.58. The molecule has 0 bridgehead atoms. The van der Waals surface area contributed by atoms with Gasteiger partial charge in [0, 0.05) is 5.75 Å². The van der Waals surface area contributed by atoms with Crippen LogP contribution in [0.5, 0.6) is 0 Å². The number of carboxylic acids is 1. The number of rotatable bonds is 13. The van der Waals surface area contributed by atoms with Gasteiger partial charge in [-0.25, -0.2) is 4.79 Å². The summed E-state index contributed by atoms with van der Waals surface area (Å²) in [6.07, 6.45) is -0.132. The third kappa shape index (κ3) is 9.92. The van der Waals surface area contributed by atoms with E-state index in [2.05, 4.69) is 28.6 Å². The smallest absolute Gasteiger partial charge is 0.327 e. The van der Waals surface area contributed by atoms with Crippen molar-refractivity contribution in [3.05, 3.63) is 0 Å². The molecule has 30 heavy (non-hydrogen) atoms. The van der Waals surface area contributed by atoms with Crippen LogP contribution in [0.2, 0.25) is 0 Å². The quantitative estimate of drug-likeness (QED) is 0.164. The highest BCUT2D eigenvalue weighted by atomic mass is 32.1. The Morgan fingerprint density at radius 2 is 1.43 bits per heavy atom. The largest absolute Gasteiger partial charge is 0.480 e. The molecule has 4 unspecified atom stereocenters. The monoisotopic (exact) mass is 447 g/mol. The van der Waals surface area contributed by atoms with E-state index in [1.807, 2.05) is 13.8 Å². The molecule has 4 atom stereocenters. The van der Waals surface area contributed by atoms with E-state index in [1.165, 1.54) is 0 Å². The van der Waals surface area contributed by atoms with E-state index in [1.54, 1.807) is 13.8 Å². The van der Waals surface area contributed by atoms with Crippen LogP contribution in [0.15, 0.2) is 0 Å². The number of hydrogen-bond acceptors (Lipinski definition) is 7. The van der Waals surface area contributed by atoms with Crippen molar-refractivity contribution in [1.29, 1.82) is 0 Å². The number of thiol groups is 1. The zero-order valence-corrected chi connectivity index (χ0v) is 18.6. The fourth-order valence-electron chi connectivity index (χ4n) is 2.53. The Morgan fingerprint density at radius 1 is 0.900 bits per heavy atom. The molecule has 4 amide bonds. The molecule has 0 fully saturated rings. The van der Waals surface area contributed by atoms with Gasteiger partial charge in [0.15, 0.2) is 0 Å². The first kappa shape index (κ1) is 27.7. The van der Waals surface area contributed by atoms with Crippen LogP contribution < -0.4 is 27.4 Å². The number of carbonyl (C=O) groups is 5. The molecule has 12 heteroatoms. The molecule has 0 radical (unpaired) electrons. The van der Waals surface area contributed by atoms with Crippen molar-refractivity contribution in [2.24, 2.45) is 23.3 Å². The minimum absolute atomic E-state index is 0.0106. The molecule has 172 valence electrons. The molecule has 0 saturated heterocycles. The van der Waals surface area contributed by atoms with E-state index >= 15 is 0 Å². The highest BCUT2D eigenvalue weighted by Gasteiger charge is 2.32. The van der Waals surface area contributed by atoms with Crippen molar-refractivity contribution in [3.63, 3.8) is 0 Å². The Balaban J connectivity index is 5.35. The Morgan fingerprint density at radius 3 is 1.83 bits per heavy atom. The Hall–Kier alpha value is -2.34. The van der Waals surface area contributed by atoms with Crippen molar-refractivity contribution in [2.45, 2.75) is 64.7 Å². The minimum atomic E-state index is -1.25. The molecule has 0 aliphatic rings. The molecule has 0 saturated carbocycles. The van der Waals surface area contributed by atoms with Gasteiger partial charge in [0.25, 0.3) is 0 Å². The molecule has 0 aromatic rings. The first-order chi connectivity index (χ1) is 13.8. The zero-order valence-electron chi connectivity index (χ0n) is 17.7. The first-order valence-corrected chi connectivity index (χ1v) is 10.2. The number of amides is 4. The lowest BCUT2D eigenvalue weighted by atomic mass is 9.99. The van der Waals surface area contributed by atoms with Gasteiger partial charge in [0.2, 0.25) is 23.6 Å². The lowest BCUT2D eigenvalue weighted by Gasteiger charge is -2.27. The summed E-state index contributed by atoms with van der Waals surface area (Å²) in [5.74, 6) is -4.50. The standard InChI is InChI=1S/C18H33N5O6S/c1-8(2)5-11(16(26)22-12(7-30)18(28)29)21-17(27)14(9(3)4)23-15(25)10(19)6-13(20)24/h8-12,14,30H,5-7,19H2,1-4H3,(H2,20,24)(H,21,27)(H,22,26)(H,23,25)(H,28,29). The second-order valence-corrected chi connectivity index (χ2v) is 8.15. The number of nitrogens with two attached hydrogens (primary N) is 2. The summed E-state index contributed by atoms with van der Waals surface area (Å²) >= 11 is 3.90. The van der Waals surface area contributed by atoms with Gasteiger partial charge in [-0.15, -0.1) is 0 Å². The number of hydrogen-bond donors (Lipinski definition) is 7. The highest BCUT2D eigenvalue weighted by molar-refractivity contribution is 7.80. The minimum Gasteiger partial charge on any atom is -0.480 e. The van der Waals surface area contributed by atoms with E-state index in [-0.39, 0.29) is 30.4 Å². The Labute approximate surface area is 181 Å². The lowest BCUT2D eigenvalue weighted by Crippen LogP contribution is -2.59. The predicted octanol–water partition coefficient (Wildman–Crippen LogP) is -1.64. The maximum atomic E-state index is 12.8. The summed E-state index contributed by atoms with van der Waals surface area (Å²) in [7, 11) is 0. The topological polar surface area (TPSA) is 194 Å². The molecule has 8 N–H and O–H groups in total. The fraction of sp³-hybridized carbons (Fsp3) is 0.722. The average Bonchev–Trinajstić information content (AvgIpc) is 2.61. The summed E-state index contributed by atoms with van der Waals surface area (Å²) in [6, 6.07) is -4.46. The molecule has 0 heterocycles. The lowest BCUT2D eigenvalue weighted by molar-refractivity contribution is -0.141. The van der Waals surface area contributed by atoms with Crippen molar-refractivity contribution in [2.75, 3.05) is 5.75 Å².